The predicted molar refractivity (Wildman–Crippen MR) is 71.6 cm³/mol. The van der Waals surface area contributed by atoms with Gasteiger partial charge in [0.25, 0.3) is 0 Å². The summed E-state index contributed by atoms with van der Waals surface area (Å²) >= 11 is 0. The zero-order chi connectivity index (χ0) is 14.5. The van der Waals surface area contributed by atoms with Gasteiger partial charge in [-0.15, -0.1) is 0 Å². The van der Waals surface area contributed by atoms with E-state index in [2.05, 4.69) is 0 Å². The van der Waals surface area contributed by atoms with Gasteiger partial charge in [-0.2, -0.15) is 0 Å². The monoisotopic (exact) mass is 279 g/mol. The molecule has 0 aliphatic heterocycles. The van der Waals surface area contributed by atoms with Crippen LogP contribution in [-0.4, -0.2) is 7.11 Å². The van der Waals surface area contributed by atoms with Gasteiger partial charge in [-0.05, 0) is 29.8 Å². The second kappa shape index (κ2) is 6.34. The van der Waals surface area contributed by atoms with Crippen LogP contribution in [0.1, 0.15) is 11.1 Å². The first kappa shape index (κ1) is 14.3. The van der Waals surface area contributed by atoms with Crippen LogP contribution in [0, 0.1) is 11.6 Å². The molecule has 0 radical (unpaired) electrons. The van der Waals surface area contributed by atoms with Gasteiger partial charge in [0.1, 0.15) is 18.2 Å². The summed E-state index contributed by atoms with van der Waals surface area (Å²) in [5, 5.41) is 0. The minimum atomic E-state index is -0.640. The topological polar surface area (TPSA) is 44.5 Å². The maximum absolute atomic E-state index is 13.5. The summed E-state index contributed by atoms with van der Waals surface area (Å²) in [4.78, 5) is 0. The number of hydrogen-bond donors (Lipinski definition) is 1. The lowest BCUT2D eigenvalue weighted by atomic mass is 10.2. The first-order valence-corrected chi connectivity index (χ1v) is 6.07. The highest BCUT2D eigenvalue weighted by molar-refractivity contribution is 5.43. The lowest BCUT2D eigenvalue weighted by molar-refractivity contribution is 0.279. The van der Waals surface area contributed by atoms with Crippen LogP contribution < -0.4 is 15.2 Å². The molecule has 2 N–H and O–H groups in total. The molecule has 0 saturated heterocycles. The van der Waals surface area contributed by atoms with Gasteiger partial charge in [-0.3, -0.25) is 0 Å². The van der Waals surface area contributed by atoms with Gasteiger partial charge in [0.2, 0.25) is 0 Å². The van der Waals surface area contributed by atoms with Crippen LogP contribution in [0.2, 0.25) is 0 Å². The molecule has 0 amide bonds. The van der Waals surface area contributed by atoms with E-state index in [4.69, 9.17) is 15.2 Å². The quantitative estimate of drug-likeness (QED) is 0.915. The van der Waals surface area contributed by atoms with Crippen molar-refractivity contribution < 1.29 is 18.3 Å². The Hall–Kier alpha value is -2.14. The Morgan fingerprint density at radius 2 is 1.85 bits per heavy atom. The third kappa shape index (κ3) is 3.24. The van der Waals surface area contributed by atoms with Crippen molar-refractivity contribution in [3.63, 3.8) is 0 Å². The number of rotatable bonds is 5. The van der Waals surface area contributed by atoms with E-state index >= 15 is 0 Å². The van der Waals surface area contributed by atoms with Crippen LogP contribution in [0.15, 0.2) is 36.4 Å². The van der Waals surface area contributed by atoms with Crippen molar-refractivity contribution in [3.05, 3.63) is 59.2 Å². The third-order valence-electron chi connectivity index (χ3n) is 2.86. The van der Waals surface area contributed by atoms with E-state index in [-0.39, 0.29) is 12.2 Å². The van der Waals surface area contributed by atoms with E-state index in [9.17, 15) is 8.78 Å². The zero-order valence-electron chi connectivity index (χ0n) is 11.0. The molecule has 0 unspecified atom stereocenters. The molecule has 20 heavy (non-hydrogen) atoms. The summed E-state index contributed by atoms with van der Waals surface area (Å²) in [6.07, 6.45) is 0. The SMILES string of the molecule is COc1ccc(CN)cc1OCc1ccc(F)cc1F. The molecule has 106 valence electrons. The molecular formula is C15H15F2NO2. The van der Waals surface area contributed by atoms with Crippen LogP contribution in [0.4, 0.5) is 8.78 Å². The maximum Gasteiger partial charge on any atom is 0.161 e. The number of halogens is 2. The lowest BCUT2D eigenvalue weighted by Gasteiger charge is -2.12. The van der Waals surface area contributed by atoms with Crippen molar-refractivity contribution in [1.82, 2.24) is 0 Å². The van der Waals surface area contributed by atoms with Crippen molar-refractivity contribution in [2.45, 2.75) is 13.2 Å². The van der Waals surface area contributed by atoms with Gasteiger partial charge in [-0.25, -0.2) is 8.78 Å². The van der Waals surface area contributed by atoms with Gasteiger partial charge < -0.3 is 15.2 Å². The Kier molecular flexibility index (Phi) is 4.53. The van der Waals surface area contributed by atoms with Gasteiger partial charge in [-0.1, -0.05) is 6.07 Å². The first-order chi connectivity index (χ1) is 9.63. The van der Waals surface area contributed by atoms with Crippen molar-refractivity contribution in [2.75, 3.05) is 7.11 Å². The highest BCUT2D eigenvalue weighted by Crippen LogP contribution is 2.29. The molecule has 0 atom stereocenters. The van der Waals surface area contributed by atoms with E-state index in [0.717, 1.165) is 11.6 Å². The van der Waals surface area contributed by atoms with Crippen molar-refractivity contribution in [1.29, 1.82) is 0 Å². The largest absolute Gasteiger partial charge is 0.493 e. The summed E-state index contributed by atoms with van der Waals surface area (Å²) in [7, 11) is 1.52. The number of ether oxygens (including phenoxy) is 2. The van der Waals surface area contributed by atoms with Gasteiger partial charge in [0.15, 0.2) is 11.5 Å². The van der Waals surface area contributed by atoms with E-state index < -0.39 is 11.6 Å². The number of nitrogens with two attached hydrogens (primary N) is 1. The Morgan fingerprint density at radius 1 is 1.05 bits per heavy atom. The molecule has 2 aromatic carbocycles. The van der Waals surface area contributed by atoms with E-state index in [1.165, 1.54) is 19.2 Å². The molecule has 2 aromatic rings. The average molecular weight is 279 g/mol. The summed E-state index contributed by atoms with van der Waals surface area (Å²) in [6, 6.07) is 8.66. The normalized spacial score (nSPS) is 10.4. The van der Waals surface area contributed by atoms with Crippen LogP contribution in [0.5, 0.6) is 11.5 Å². The van der Waals surface area contributed by atoms with Crippen LogP contribution in [0.25, 0.3) is 0 Å². The summed E-state index contributed by atoms with van der Waals surface area (Å²) in [5.41, 5.74) is 6.71. The predicted octanol–water partition coefficient (Wildman–Crippen LogP) is 3.01. The highest BCUT2D eigenvalue weighted by atomic mass is 19.1. The molecule has 3 nitrogen and oxygen atoms in total. The fraction of sp³-hybridized carbons (Fsp3) is 0.200. The molecule has 0 aromatic heterocycles. The van der Waals surface area contributed by atoms with Crippen molar-refractivity contribution in [2.24, 2.45) is 5.73 Å². The van der Waals surface area contributed by atoms with Gasteiger partial charge >= 0.3 is 0 Å². The Balaban J connectivity index is 2.17. The lowest BCUT2D eigenvalue weighted by Crippen LogP contribution is -2.02. The molecule has 0 spiro atoms. The van der Waals surface area contributed by atoms with E-state index in [1.807, 2.05) is 6.07 Å². The minimum absolute atomic E-state index is 0.0174. The Labute approximate surface area is 115 Å². The standard InChI is InChI=1S/C15H15F2NO2/c1-19-14-5-2-10(8-18)6-15(14)20-9-11-3-4-12(16)7-13(11)17/h2-7H,8-9,18H2,1H3. The summed E-state index contributed by atoms with van der Waals surface area (Å²) < 4.78 is 37.0. The van der Waals surface area contributed by atoms with Crippen molar-refractivity contribution >= 4 is 0 Å². The molecule has 0 saturated carbocycles. The van der Waals surface area contributed by atoms with Crippen LogP contribution in [0.3, 0.4) is 0 Å². The van der Waals surface area contributed by atoms with Crippen LogP contribution in [-0.2, 0) is 13.2 Å². The fourth-order valence-electron chi connectivity index (χ4n) is 1.76. The molecular weight excluding hydrogens is 264 g/mol. The number of methoxy groups -OCH3 is 1. The summed E-state index contributed by atoms with van der Waals surface area (Å²) in [6.45, 7) is 0.349. The first-order valence-electron chi connectivity index (χ1n) is 6.07. The molecule has 0 heterocycles. The highest BCUT2D eigenvalue weighted by Gasteiger charge is 2.08. The minimum Gasteiger partial charge on any atom is -0.493 e. The number of hydrogen-bond acceptors (Lipinski definition) is 3. The second-order valence-electron chi connectivity index (χ2n) is 4.21. The Morgan fingerprint density at radius 3 is 2.50 bits per heavy atom. The smallest absolute Gasteiger partial charge is 0.161 e. The van der Waals surface area contributed by atoms with Crippen LogP contribution >= 0.6 is 0 Å². The zero-order valence-corrected chi connectivity index (χ0v) is 11.0. The second-order valence-corrected chi connectivity index (χ2v) is 4.21. The molecule has 0 aliphatic carbocycles. The maximum atomic E-state index is 13.5. The van der Waals surface area contributed by atoms with Crippen molar-refractivity contribution in [3.8, 4) is 11.5 Å². The Bertz CT molecular complexity index is 602. The third-order valence-corrected chi connectivity index (χ3v) is 2.86. The van der Waals surface area contributed by atoms with Gasteiger partial charge in [0, 0.05) is 18.2 Å². The molecule has 2 rings (SSSR count). The molecule has 0 aliphatic rings. The molecule has 0 fully saturated rings. The van der Waals surface area contributed by atoms with Gasteiger partial charge in [0.05, 0.1) is 7.11 Å². The average Bonchev–Trinajstić information content (AvgIpc) is 2.46. The summed E-state index contributed by atoms with van der Waals surface area (Å²) in [5.74, 6) is -0.253. The van der Waals surface area contributed by atoms with E-state index in [0.29, 0.717) is 18.0 Å². The number of benzene rings is 2. The molecule has 0 bridgehead atoms. The fourth-order valence-corrected chi connectivity index (χ4v) is 1.76. The molecule has 5 heteroatoms. The van der Waals surface area contributed by atoms with E-state index in [1.54, 1.807) is 12.1 Å².